The lowest BCUT2D eigenvalue weighted by Crippen LogP contribution is -2.39. The number of nitrogens with zero attached hydrogens (tertiary/aromatic N) is 1. The van der Waals surface area contributed by atoms with E-state index in [9.17, 15) is 13.2 Å². The first-order chi connectivity index (χ1) is 8.88. The molecule has 3 N–H and O–H groups in total. The second-order valence-electron chi connectivity index (χ2n) is 4.50. The summed E-state index contributed by atoms with van der Waals surface area (Å²) in [6.07, 6.45) is 3.70. The Morgan fingerprint density at radius 2 is 2.05 bits per heavy atom. The van der Waals surface area contributed by atoms with Crippen LogP contribution in [0.1, 0.15) is 25.7 Å². The monoisotopic (exact) mass is 323 g/mol. The van der Waals surface area contributed by atoms with Crippen LogP contribution >= 0.6 is 22.9 Å². The minimum atomic E-state index is -3.57. The predicted octanol–water partition coefficient (Wildman–Crippen LogP) is 1.12. The summed E-state index contributed by atoms with van der Waals surface area (Å²) in [5.41, 5.74) is 5.23. The minimum Gasteiger partial charge on any atom is -0.369 e. The van der Waals surface area contributed by atoms with Crippen LogP contribution in [0.4, 0.5) is 0 Å². The van der Waals surface area contributed by atoms with Crippen LogP contribution in [0.25, 0.3) is 0 Å². The Bertz CT molecular complexity index is 564. The number of carbonyl (C=O) groups is 1. The van der Waals surface area contributed by atoms with E-state index in [1.807, 2.05) is 0 Å². The second kappa shape index (κ2) is 5.74. The number of halogens is 1. The van der Waals surface area contributed by atoms with Crippen molar-refractivity contribution in [1.82, 2.24) is 9.71 Å². The number of sulfonamides is 1. The highest BCUT2D eigenvalue weighted by molar-refractivity contribution is 7.91. The molecular formula is C10H14ClN3O3S2. The molecule has 9 heteroatoms. The Kier molecular flexibility index (Phi) is 4.44. The smallest absolute Gasteiger partial charge is 0.251 e. The number of aromatic nitrogens is 1. The number of hydrogen-bond acceptors (Lipinski definition) is 5. The van der Waals surface area contributed by atoms with Gasteiger partial charge in [0.2, 0.25) is 5.91 Å². The molecule has 1 aliphatic carbocycles. The van der Waals surface area contributed by atoms with Crippen molar-refractivity contribution in [3.8, 4) is 0 Å². The van der Waals surface area contributed by atoms with Gasteiger partial charge in [-0.2, -0.15) is 0 Å². The predicted molar refractivity (Wildman–Crippen MR) is 72.4 cm³/mol. The fraction of sp³-hybridized carbons (Fsp3) is 0.600. The summed E-state index contributed by atoms with van der Waals surface area (Å²) in [6, 6.07) is -0.165. The van der Waals surface area contributed by atoms with Crippen molar-refractivity contribution in [3.05, 3.63) is 10.7 Å². The molecule has 0 aliphatic heterocycles. The van der Waals surface area contributed by atoms with Crippen LogP contribution in [0.15, 0.2) is 10.4 Å². The van der Waals surface area contributed by atoms with Crippen molar-refractivity contribution in [2.24, 2.45) is 11.7 Å². The number of thiazole rings is 1. The van der Waals surface area contributed by atoms with Gasteiger partial charge in [0.05, 0.1) is 6.20 Å². The van der Waals surface area contributed by atoms with Crippen molar-refractivity contribution in [1.29, 1.82) is 0 Å². The third-order valence-corrected chi connectivity index (χ3v) is 6.27. The number of rotatable bonds is 4. The third-order valence-electron chi connectivity index (χ3n) is 3.17. The molecule has 0 spiro atoms. The Morgan fingerprint density at radius 3 is 2.53 bits per heavy atom. The van der Waals surface area contributed by atoms with Crippen molar-refractivity contribution >= 4 is 38.9 Å². The van der Waals surface area contributed by atoms with Gasteiger partial charge in [0.25, 0.3) is 10.0 Å². The van der Waals surface area contributed by atoms with Gasteiger partial charge in [-0.25, -0.2) is 18.1 Å². The lowest BCUT2D eigenvalue weighted by Gasteiger charge is -2.26. The first-order valence-electron chi connectivity index (χ1n) is 5.81. The number of primary amides is 1. The molecule has 0 atom stereocenters. The van der Waals surface area contributed by atoms with Gasteiger partial charge in [0.15, 0.2) is 8.68 Å². The molecule has 2 rings (SSSR count). The van der Waals surface area contributed by atoms with Crippen LogP contribution in [0.2, 0.25) is 4.47 Å². The fourth-order valence-corrected chi connectivity index (χ4v) is 4.75. The summed E-state index contributed by atoms with van der Waals surface area (Å²) in [7, 11) is -3.57. The van der Waals surface area contributed by atoms with E-state index in [-0.39, 0.29) is 26.5 Å². The van der Waals surface area contributed by atoms with Crippen molar-refractivity contribution in [2.45, 2.75) is 35.9 Å². The standard InChI is InChI=1S/C10H14ClN3O3S2/c11-10-13-5-8(18-10)19(16,17)14-7-3-1-6(2-4-7)9(12)15/h5-7,14H,1-4H2,(H2,12,15). The Balaban J connectivity index is 1.97. The van der Waals surface area contributed by atoms with Crippen LogP contribution < -0.4 is 10.5 Å². The Hall–Kier alpha value is -0.700. The highest BCUT2D eigenvalue weighted by atomic mass is 35.5. The van der Waals surface area contributed by atoms with E-state index in [1.165, 1.54) is 6.20 Å². The summed E-state index contributed by atoms with van der Waals surface area (Å²) >= 11 is 6.55. The number of hydrogen-bond donors (Lipinski definition) is 2. The van der Waals surface area contributed by atoms with Gasteiger partial charge in [-0.1, -0.05) is 22.9 Å². The summed E-state index contributed by atoms with van der Waals surface area (Å²) in [5.74, 6) is -0.450. The zero-order chi connectivity index (χ0) is 14.0. The van der Waals surface area contributed by atoms with E-state index < -0.39 is 10.0 Å². The normalized spacial score (nSPS) is 24.3. The van der Waals surface area contributed by atoms with Crippen LogP contribution in [0.3, 0.4) is 0 Å². The van der Waals surface area contributed by atoms with E-state index >= 15 is 0 Å². The summed E-state index contributed by atoms with van der Waals surface area (Å²) in [6.45, 7) is 0. The fourth-order valence-electron chi connectivity index (χ4n) is 2.14. The van der Waals surface area contributed by atoms with Crippen LogP contribution in [0.5, 0.6) is 0 Å². The molecule has 1 amide bonds. The minimum absolute atomic E-state index is 0.106. The van der Waals surface area contributed by atoms with Gasteiger partial charge in [0.1, 0.15) is 0 Å². The lowest BCUT2D eigenvalue weighted by molar-refractivity contribution is -0.122. The van der Waals surface area contributed by atoms with Gasteiger partial charge < -0.3 is 5.73 Å². The largest absolute Gasteiger partial charge is 0.369 e. The van der Waals surface area contributed by atoms with E-state index in [0.717, 1.165) is 11.3 Å². The van der Waals surface area contributed by atoms with Gasteiger partial charge in [0, 0.05) is 12.0 Å². The maximum absolute atomic E-state index is 12.0. The highest BCUT2D eigenvalue weighted by Crippen LogP contribution is 2.27. The topological polar surface area (TPSA) is 102 Å². The van der Waals surface area contributed by atoms with E-state index in [2.05, 4.69) is 9.71 Å². The average Bonchev–Trinajstić information content (AvgIpc) is 2.77. The summed E-state index contributed by atoms with van der Waals surface area (Å²) < 4.78 is 27.0. The Morgan fingerprint density at radius 1 is 1.42 bits per heavy atom. The van der Waals surface area contributed by atoms with E-state index in [0.29, 0.717) is 25.7 Å². The van der Waals surface area contributed by atoms with Crippen molar-refractivity contribution in [2.75, 3.05) is 0 Å². The molecule has 1 aliphatic rings. The van der Waals surface area contributed by atoms with Crippen LogP contribution in [0, 0.1) is 5.92 Å². The Labute approximate surface area is 120 Å². The molecule has 0 radical (unpaired) electrons. The summed E-state index contributed by atoms with van der Waals surface area (Å²) in [5, 5.41) is 0. The van der Waals surface area contributed by atoms with Crippen LogP contribution in [-0.2, 0) is 14.8 Å². The second-order valence-corrected chi connectivity index (χ2v) is 8.06. The van der Waals surface area contributed by atoms with Gasteiger partial charge >= 0.3 is 0 Å². The van der Waals surface area contributed by atoms with Gasteiger partial charge in [-0.05, 0) is 25.7 Å². The molecule has 1 fully saturated rings. The quantitative estimate of drug-likeness (QED) is 0.866. The van der Waals surface area contributed by atoms with Crippen molar-refractivity contribution < 1.29 is 13.2 Å². The lowest BCUT2D eigenvalue weighted by atomic mass is 9.86. The number of carbonyl (C=O) groups excluding carboxylic acids is 1. The molecule has 0 saturated heterocycles. The first-order valence-corrected chi connectivity index (χ1v) is 8.49. The number of nitrogens with one attached hydrogen (secondary N) is 1. The number of nitrogens with two attached hydrogens (primary N) is 1. The van der Waals surface area contributed by atoms with Gasteiger partial charge in [-0.3, -0.25) is 4.79 Å². The molecule has 1 aromatic rings. The molecule has 0 unspecified atom stereocenters. The molecule has 0 aromatic carbocycles. The zero-order valence-corrected chi connectivity index (χ0v) is 12.4. The SMILES string of the molecule is NC(=O)C1CCC(NS(=O)(=O)c2cnc(Cl)s2)CC1. The zero-order valence-electron chi connectivity index (χ0n) is 10.0. The molecule has 6 nitrogen and oxygen atoms in total. The summed E-state index contributed by atoms with van der Waals surface area (Å²) in [4.78, 5) is 14.7. The first kappa shape index (κ1) is 14.7. The van der Waals surface area contributed by atoms with Crippen molar-refractivity contribution in [3.63, 3.8) is 0 Å². The van der Waals surface area contributed by atoms with Gasteiger partial charge in [-0.15, -0.1) is 0 Å². The maximum atomic E-state index is 12.0. The highest BCUT2D eigenvalue weighted by Gasteiger charge is 2.28. The average molecular weight is 324 g/mol. The molecule has 0 bridgehead atoms. The molecule has 19 heavy (non-hydrogen) atoms. The molecule has 1 aromatic heterocycles. The number of amides is 1. The van der Waals surface area contributed by atoms with E-state index in [1.54, 1.807) is 0 Å². The molecule has 1 saturated carbocycles. The molecule has 106 valence electrons. The van der Waals surface area contributed by atoms with E-state index in [4.69, 9.17) is 17.3 Å². The van der Waals surface area contributed by atoms with Crippen LogP contribution in [-0.4, -0.2) is 25.4 Å². The molecule has 1 heterocycles. The maximum Gasteiger partial charge on any atom is 0.251 e. The third kappa shape index (κ3) is 3.65. The molecular weight excluding hydrogens is 310 g/mol.